The number of fused-ring (bicyclic) bond motifs is 1. The predicted octanol–water partition coefficient (Wildman–Crippen LogP) is 5.18. The van der Waals surface area contributed by atoms with Crippen LogP contribution in [0.25, 0.3) is 22.2 Å². The van der Waals surface area contributed by atoms with Crippen LogP contribution in [0.2, 0.25) is 0 Å². The number of rotatable bonds is 11. The average Bonchev–Trinajstić information content (AvgIpc) is 3.52. The third-order valence-electron chi connectivity index (χ3n) is 9.86. The molecular formula is C40H50N6O7S. The van der Waals surface area contributed by atoms with Gasteiger partial charge in [0, 0.05) is 37.7 Å². The van der Waals surface area contributed by atoms with Crippen molar-refractivity contribution in [1.29, 1.82) is 0 Å². The summed E-state index contributed by atoms with van der Waals surface area (Å²) in [5, 5.41) is 8.85. The fraction of sp³-hybridized carbons (Fsp3) is 0.450. The first kappa shape index (κ1) is 38.9. The van der Waals surface area contributed by atoms with E-state index in [-0.39, 0.29) is 35.8 Å². The van der Waals surface area contributed by atoms with Gasteiger partial charge in [0.2, 0.25) is 11.8 Å². The molecule has 1 aliphatic heterocycles. The molecule has 0 spiro atoms. The van der Waals surface area contributed by atoms with Gasteiger partial charge in [0.1, 0.15) is 22.6 Å². The van der Waals surface area contributed by atoms with Crippen LogP contribution in [0.1, 0.15) is 57.6 Å². The summed E-state index contributed by atoms with van der Waals surface area (Å²) in [4.78, 5) is 57.8. The second-order valence-corrected chi connectivity index (χ2v) is 16.6. The van der Waals surface area contributed by atoms with Gasteiger partial charge in [-0.1, -0.05) is 30.3 Å². The van der Waals surface area contributed by atoms with Gasteiger partial charge >= 0.3 is 11.8 Å². The van der Waals surface area contributed by atoms with E-state index in [1.807, 2.05) is 74.5 Å². The number of aromatic nitrogens is 2. The van der Waals surface area contributed by atoms with Crippen molar-refractivity contribution in [3.05, 3.63) is 82.3 Å². The minimum absolute atomic E-state index is 0.190. The summed E-state index contributed by atoms with van der Waals surface area (Å²) in [6.45, 7) is 10.2. The summed E-state index contributed by atoms with van der Waals surface area (Å²) < 4.78 is 26.1. The summed E-state index contributed by atoms with van der Waals surface area (Å²) in [5.41, 5.74) is 4.44. The molecule has 6 rings (SSSR count). The molecule has 0 radical (unpaired) electrons. The van der Waals surface area contributed by atoms with Crippen molar-refractivity contribution in [3.8, 4) is 11.1 Å². The fourth-order valence-electron chi connectivity index (χ4n) is 6.99. The first-order valence-electron chi connectivity index (χ1n) is 18.6. The molecule has 1 aliphatic carbocycles. The fourth-order valence-corrected chi connectivity index (χ4v) is 8.17. The van der Waals surface area contributed by atoms with Crippen LogP contribution < -0.4 is 21.6 Å². The average molecular weight is 759 g/mol. The van der Waals surface area contributed by atoms with Gasteiger partial charge in [-0.15, -0.1) is 0 Å². The number of carbonyl (C=O) groups excluding carboxylic acids is 3. The number of hydrogen-bond acceptors (Lipinski definition) is 7. The Balaban J connectivity index is 1.17. The van der Waals surface area contributed by atoms with E-state index >= 15 is 0 Å². The second kappa shape index (κ2) is 17.1. The van der Waals surface area contributed by atoms with Crippen molar-refractivity contribution in [1.82, 2.24) is 24.9 Å². The first-order valence-corrected chi connectivity index (χ1v) is 19.7. The highest BCUT2D eigenvalue weighted by atomic mass is 32.2. The lowest BCUT2D eigenvalue weighted by Crippen LogP contribution is -2.48. The lowest BCUT2D eigenvalue weighted by atomic mass is 9.81. The molecular weight excluding hydrogens is 709 g/mol. The van der Waals surface area contributed by atoms with E-state index in [1.54, 1.807) is 18.2 Å². The molecule has 14 heteroatoms. The Labute approximate surface area is 317 Å². The number of aryl methyl sites for hydroxylation is 1. The Morgan fingerprint density at radius 3 is 2.44 bits per heavy atom. The zero-order chi connectivity index (χ0) is 38.4. The van der Waals surface area contributed by atoms with Gasteiger partial charge in [-0.2, -0.15) is 0 Å². The summed E-state index contributed by atoms with van der Waals surface area (Å²) in [6, 6.07) is 17.9. The summed E-state index contributed by atoms with van der Waals surface area (Å²) in [7, 11) is -1.32. The summed E-state index contributed by atoms with van der Waals surface area (Å²) in [6.07, 6.45) is 2.56. The minimum atomic E-state index is -1.32. The Hall–Kier alpha value is -4.79. The summed E-state index contributed by atoms with van der Waals surface area (Å²) in [5.74, 6) is -0.625. The van der Waals surface area contributed by atoms with Gasteiger partial charge in [0.15, 0.2) is 0 Å². The first-order chi connectivity index (χ1) is 25.8. The van der Waals surface area contributed by atoms with Gasteiger partial charge in [-0.25, -0.2) is 18.1 Å². The molecule has 2 aliphatic rings. The molecule has 1 saturated heterocycles. The molecule has 1 aromatic heterocycles. The SMILES string of the molecule is Cc1ccc(S(=O)N2CCOCC2)cc1-c1cccc(C[C@H](NC(=O)C2CCC(CNC(=O)OC(C)(C)C)CC2)C(=O)Nc2ccc3[nH]c(=O)[nH]c3c2)c1. The van der Waals surface area contributed by atoms with Crippen LogP contribution in [0.4, 0.5) is 10.5 Å². The molecule has 3 amide bonds. The van der Waals surface area contributed by atoms with Gasteiger partial charge in [-0.05, 0) is 112 Å². The largest absolute Gasteiger partial charge is 0.444 e. The molecule has 2 atom stereocenters. The molecule has 288 valence electrons. The topological polar surface area (TPSA) is 175 Å². The van der Waals surface area contributed by atoms with E-state index in [0.717, 1.165) is 35.1 Å². The maximum absolute atomic E-state index is 14.0. The third-order valence-corrected chi connectivity index (χ3v) is 11.4. The number of morpholine rings is 1. The van der Waals surface area contributed by atoms with Crippen molar-refractivity contribution >= 4 is 45.6 Å². The van der Waals surface area contributed by atoms with Gasteiger partial charge < -0.3 is 35.4 Å². The van der Waals surface area contributed by atoms with Crippen LogP contribution >= 0.6 is 0 Å². The molecule has 2 fully saturated rings. The van der Waals surface area contributed by atoms with Crippen LogP contribution in [0, 0.1) is 18.8 Å². The molecule has 1 saturated carbocycles. The maximum atomic E-state index is 14.0. The van der Waals surface area contributed by atoms with Crippen LogP contribution in [0.5, 0.6) is 0 Å². The Bertz CT molecular complexity index is 2060. The van der Waals surface area contributed by atoms with Crippen molar-refractivity contribution < 1.29 is 28.1 Å². The lowest BCUT2D eigenvalue weighted by molar-refractivity contribution is -0.130. The molecule has 54 heavy (non-hydrogen) atoms. The predicted molar refractivity (Wildman–Crippen MR) is 208 cm³/mol. The number of benzene rings is 3. The molecule has 0 bridgehead atoms. The van der Waals surface area contributed by atoms with E-state index in [1.165, 1.54) is 0 Å². The Morgan fingerprint density at radius 1 is 0.963 bits per heavy atom. The molecule has 1 unspecified atom stereocenters. The van der Waals surface area contributed by atoms with Crippen molar-refractivity contribution in [2.75, 3.05) is 38.2 Å². The second-order valence-electron chi connectivity index (χ2n) is 15.2. The number of ether oxygens (including phenoxy) is 2. The molecule has 2 heterocycles. The normalized spacial score (nSPS) is 19.1. The van der Waals surface area contributed by atoms with Gasteiger partial charge in [0.25, 0.3) is 0 Å². The van der Waals surface area contributed by atoms with Crippen LogP contribution in [0.3, 0.4) is 0 Å². The summed E-state index contributed by atoms with van der Waals surface area (Å²) >= 11 is 0. The number of alkyl carbamates (subject to hydrolysis) is 1. The van der Waals surface area contributed by atoms with Crippen molar-refractivity contribution in [2.24, 2.45) is 11.8 Å². The van der Waals surface area contributed by atoms with Crippen LogP contribution in [-0.2, 0) is 36.5 Å². The molecule has 13 nitrogen and oxygen atoms in total. The Kier molecular flexibility index (Phi) is 12.3. The quantitative estimate of drug-likeness (QED) is 0.140. The van der Waals surface area contributed by atoms with Crippen molar-refractivity contribution in [2.45, 2.75) is 76.3 Å². The standard InChI is InChI=1S/C40H50N6O7S/c1-25-8-14-31(54(51)46-16-18-52-19-17-46)23-32(25)29-7-5-6-27(20-29)21-35(37(48)42-30-13-15-33-34(22-30)45-38(49)44-33)43-36(47)28-11-9-26(10-12-28)24-41-39(50)53-40(2,3)4/h5-8,13-15,20,22-23,26,28,35H,9-12,16-19,21,24H2,1-4H3,(H,41,50)(H,42,48)(H,43,47)(H2,44,45,49)/t26?,28?,35-,54?/m0/s1. The molecule has 3 aromatic carbocycles. The highest BCUT2D eigenvalue weighted by Crippen LogP contribution is 2.30. The number of nitrogens with one attached hydrogen (secondary N) is 5. The molecule has 4 aromatic rings. The number of H-pyrrole nitrogens is 2. The van der Waals surface area contributed by atoms with Crippen molar-refractivity contribution in [3.63, 3.8) is 0 Å². The van der Waals surface area contributed by atoms with Gasteiger partial charge in [0.05, 0.1) is 29.1 Å². The van der Waals surface area contributed by atoms with E-state index in [0.29, 0.717) is 67.3 Å². The number of imidazole rings is 1. The van der Waals surface area contributed by atoms with E-state index in [4.69, 9.17) is 9.47 Å². The number of nitrogens with zero attached hydrogens (tertiary/aromatic N) is 1. The monoisotopic (exact) mass is 758 g/mol. The number of amides is 3. The minimum Gasteiger partial charge on any atom is -0.444 e. The lowest BCUT2D eigenvalue weighted by Gasteiger charge is -2.29. The van der Waals surface area contributed by atoms with E-state index in [2.05, 4.69) is 25.9 Å². The molecule has 5 N–H and O–H groups in total. The van der Waals surface area contributed by atoms with Crippen LogP contribution in [0.15, 0.2) is 70.4 Å². The van der Waals surface area contributed by atoms with E-state index < -0.39 is 28.7 Å². The van der Waals surface area contributed by atoms with Crippen LogP contribution in [-0.4, -0.2) is 80.9 Å². The van der Waals surface area contributed by atoms with E-state index in [9.17, 15) is 23.4 Å². The number of aromatic amines is 2. The highest BCUT2D eigenvalue weighted by molar-refractivity contribution is 7.82. The number of anilines is 1. The Morgan fingerprint density at radius 2 is 1.70 bits per heavy atom. The zero-order valence-corrected chi connectivity index (χ0v) is 32.1. The number of carbonyl (C=O) groups is 3. The van der Waals surface area contributed by atoms with Gasteiger partial charge in [-0.3, -0.25) is 9.59 Å². The number of hydrogen-bond donors (Lipinski definition) is 5. The maximum Gasteiger partial charge on any atom is 0.407 e. The third kappa shape index (κ3) is 10.2. The zero-order valence-electron chi connectivity index (χ0n) is 31.3. The highest BCUT2D eigenvalue weighted by Gasteiger charge is 2.30. The smallest absolute Gasteiger partial charge is 0.407 e.